The van der Waals surface area contributed by atoms with Gasteiger partial charge in [0.25, 0.3) is 0 Å². The number of carboxylic acids is 1. The number of carboxylic acid groups (broad SMARTS) is 1. The highest BCUT2D eigenvalue weighted by Crippen LogP contribution is 2.34. The van der Waals surface area contributed by atoms with Gasteiger partial charge in [0, 0.05) is 13.7 Å². The number of hydrogen-bond acceptors (Lipinski definition) is 4. The van der Waals surface area contributed by atoms with Crippen LogP contribution in [-0.4, -0.2) is 41.3 Å². The molecule has 1 aliphatic rings. The molecule has 6 nitrogen and oxygen atoms in total. The van der Waals surface area contributed by atoms with Crippen molar-refractivity contribution in [3.8, 4) is 0 Å². The second kappa shape index (κ2) is 7.21. The third-order valence-electron chi connectivity index (χ3n) is 3.94. The predicted octanol–water partition coefficient (Wildman–Crippen LogP) is 3.53. The fourth-order valence-electron chi connectivity index (χ4n) is 2.96. The van der Waals surface area contributed by atoms with Crippen LogP contribution in [0.1, 0.15) is 56.9 Å². The van der Waals surface area contributed by atoms with Gasteiger partial charge < -0.3 is 19.5 Å². The van der Waals surface area contributed by atoms with Crippen LogP contribution in [0, 0.1) is 0 Å². The fourth-order valence-corrected chi connectivity index (χ4v) is 2.96. The summed E-state index contributed by atoms with van der Waals surface area (Å²) >= 11 is 0. The molecule has 1 unspecified atom stereocenters. The number of nitrogens with zero attached hydrogens (tertiary/aromatic N) is 1. The molecular formula is C18H25NO5. The Morgan fingerprint density at radius 2 is 2.04 bits per heavy atom. The molecule has 0 bridgehead atoms. The first-order valence-electron chi connectivity index (χ1n) is 8.08. The Hall–Kier alpha value is -2.08. The maximum Gasteiger partial charge on any atom is 0.410 e. The van der Waals surface area contributed by atoms with Crippen molar-refractivity contribution in [3.05, 3.63) is 35.4 Å². The summed E-state index contributed by atoms with van der Waals surface area (Å²) in [5.41, 5.74) is 0.925. The summed E-state index contributed by atoms with van der Waals surface area (Å²) < 4.78 is 10.5. The summed E-state index contributed by atoms with van der Waals surface area (Å²) in [5.74, 6) is -1.04. The zero-order chi connectivity index (χ0) is 17.9. The lowest BCUT2D eigenvalue weighted by atomic mass is 9.99. The molecule has 1 heterocycles. The number of methoxy groups -OCH3 is 1. The number of ether oxygens (including phenoxy) is 2. The monoisotopic (exact) mass is 335 g/mol. The lowest BCUT2D eigenvalue weighted by Gasteiger charge is -2.29. The molecule has 1 amide bonds. The van der Waals surface area contributed by atoms with E-state index in [4.69, 9.17) is 9.47 Å². The molecule has 24 heavy (non-hydrogen) atoms. The van der Waals surface area contributed by atoms with Crippen molar-refractivity contribution in [2.45, 2.75) is 51.4 Å². The van der Waals surface area contributed by atoms with Crippen molar-refractivity contribution in [3.63, 3.8) is 0 Å². The summed E-state index contributed by atoms with van der Waals surface area (Å²) in [6, 6.07) is 7.12. The molecule has 1 aromatic rings. The molecule has 2 atom stereocenters. The summed E-state index contributed by atoms with van der Waals surface area (Å²) in [5, 5.41) is 9.24. The Morgan fingerprint density at radius 1 is 1.33 bits per heavy atom. The Balaban J connectivity index is 2.24. The highest BCUT2D eigenvalue weighted by Gasteiger charge is 2.33. The number of amides is 1. The standard InChI is InChI=1S/C18H25NO5/c1-18(2,3)24-17(22)19-10-6-9-14(19)12-7-5-8-13(11-12)15(23-4)16(20)21/h5,7-8,11,14-15H,6,9-10H2,1-4H3,(H,20,21)/t14?,15-/m0/s1. The van der Waals surface area contributed by atoms with Gasteiger partial charge in [0.05, 0.1) is 6.04 Å². The predicted molar refractivity (Wildman–Crippen MR) is 88.7 cm³/mol. The summed E-state index contributed by atoms with van der Waals surface area (Å²) in [6.07, 6.45) is 0.368. The smallest absolute Gasteiger partial charge is 0.410 e. The van der Waals surface area contributed by atoms with E-state index in [2.05, 4.69) is 0 Å². The molecule has 1 aromatic carbocycles. The van der Waals surface area contributed by atoms with Gasteiger partial charge in [-0.3, -0.25) is 0 Å². The Labute approximate surface area is 142 Å². The normalized spacial score (nSPS) is 19.2. The third kappa shape index (κ3) is 4.26. The van der Waals surface area contributed by atoms with E-state index < -0.39 is 17.7 Å². The third-order valence-corrected chi connectivity index (χ3v) is 3.94. The van der Waals surface area contributed by atoms with E-state index in [-0.39, 0.29) is 12.1 Å². The minimum atomic E-state index is -1.04. The van der Waals surface area contributed by atoms with Crippen LogP contribution in [0.2, 0.25) is 0 Å². The average Bonchev–Trinajstić information content (AvgIpc) is 2.95. The van der Waals surface area contributed by atoms with Crippen LogP contribution in [-0.2, 0) is 14.3 Å². The molecule has 132 valence electrons. The van der Waals surface area contributed by atoms with Gasteiger partial charge in [0.1, 0.15) is 5.60 Å². The van der Waals surface area contributed by atoms with Crippen molar-refractivity contribution in [1.82, 2.24) is 4.90 Å². The largest absolute Gasteiger partial charge is 0.479 e. The highest BCUT2D eigenvalue weighted by molar-refractivity contribution is 5.74. The van der Waals surface area contributed by atoms with Crippen LogP contribution in [0.25, 0.3) is 0 Å². The van der Waals surface area contributed by atoms with Crippen LogP contribution in [0.15, 0.2) is 24.3 Å². The van der Waals surface area contributed by atoms with Gasteiger partial charge in [0.2, 0.25) is 0 Å². The molecule has 0 radical (unpaired) electrons. The van der Waals surface area contributed by atoms with E-state index >= 15 is 0 Å². The van der Waals surface area contributed by atoms with Crippen LogP contribution >= 0.6 is 0 Å². The van der Waals surface area contributed by atoms with E-state index in [1.165, 1.54) is 7.11 Å². The van der Waals surface area contributed by atoms with Crippen LogP contribution in [0.3, 0.4) is 0 Å². The molecule has 0 spiro atoms. The van der Waals surface area contributed by atoms with Crippen molar-refractivity contribution in [2.75, 3.05) is 13.7 Å². The van der Waals surface area contributed by atoms with Gasteiger partial charge in [0.15, 0.2) is 6.10 Å². The molecule has 0 saturated carbocycles. The minimum absolute atomic E-state index is 0.105. The van der Waals surface area contributed by atoms with Gasteiger partial charge >= 0.3 is 12.1 Å². The van der Waals surface area contributed by atoms with E-state index in [0.29, 0.717) is 12.1 Å². The molecular weight excluding hydrogens is 310 g/mol. The number of benzene rings is 1. The molecule has 1 fully saturated rings. The molecule has 0 aromatic heterocycles. The number of rotatable bonds is 4. The quantitative estimate of drug-likeness (QED) is 0.911. The summed E-state index contributed by atoms with van der Waals surface area (Å²) in [6.45, 7) is 6.16. The number of carbonyl (C=O) groups excluding carboxylic acids is 1. The lowest BCUT2D eigenvalue weighted by Crippen LogP contribution is -2.36. The maximum atomic E-state index is 12.4. The first kappa shape index (κ1) is 18.3. The zero-order valence-electron chi connectivity index (χ0n) is 14.6. The van der Waals surface area contributed by atoms with Gasteiger partial charge in [-0.1, -0.05) is 24.3 Å². The molecule has 1 aliphatic heterocycles. The van der Waals surface area contributed by atoms with Crippen LogP contribution in [0.5, 0.6) is 0 Å². The lowest BCUT2D eigenvalue weighted by molar-refractivity contribution is -0.148. The second-order valence-corrected chi connectivity index (χ2v) is 6.96. The zero-order valence-corrected chi connectivity index (χ0v) is 14.6. The number of aliphatic carboxylic acids is 1. The number of likely N-dealkylation sites (tertiary alicyclic amines) is 1. The second-order valence-electron chi connectivity index (χ2n) is 6.96. The summed E-state index contributed by atoms with van der Waals surface area (Å²) in [4.78, 5) is 25.4. The van der Waals surface area contributed by atoms with Gasteiger partial charge in [-0.25, -0.2) is 9.59 Å². The van der Waals surface area contributed by atoms with Crippen molar-refractivity contribution >= 4 is 12.1 Å². The van der Waals surface area contributed by atoms with E-state index in [0.717, 1.165) is 18.4 Å². The van der Waals surface area contributed by atoms with Gasteiger partial charge in [-0.05, 0) is 44.7 Å². The first-order chi connectivity index (χ1) is 11.2. The van der Waals surface area contributed by atoms with Crippen LogP contribution < -0.4 is 0 Å². The average molecular weight is 335 g/mol. The van der Waals surface area contributed by atoms with Crippen molar-refractivity contribution in [2.24, 2.45) is 0 Å². The van der Waals surface area contributed by atoms with Gasteiger partial charge in [-0.2, -0.15) is 0 Å². The fraction of sp³-hybridized carbons (Fsp3) is 0.556. The number of carbonyl (C=O) groups is 2. The van der Waals surface area contributed by atoms with E-state index in [9.17, 15) is 14.7 Å². The number of hydrogen-bond donors (Lipinski definition) is 1. The topological polar surface area (TPSA) is 76.1 Å². The molecule has 1 N–H and O–H groups in total. The first-order valence-corrected chi connectivity index (χ1v) is 8.08. The Kier molecular flexibility index (Phi) is 5.49. The van der Waals surface area contributed by atoms with E-state index in [1.54, 1.807) is 23.1 Å². The summed E-state index contributed by atoms with van der Waals surface area (Å²) in [7, 11) is 1.37. The van der Waals surface area contributed by atoms with Crippen LogP contribution in [0.4, 0.5) is 4.79 Å². The van der Waals surface area contributed by atoms with Crippen molar-refractivity contribution < 1.29 is 24.2 Å². The van der Waals surface area contributed by atoms with Gasteiger partial charge in [-0.15, -0.1) is 0 Å². The molecule has 1 saturated heterocycles. The molecule has 0 aliphatic carbocycles. The minimum Gasteiger partial charge on any atom is -0.479 e. The maximum absolute atomic E-state index is 12.4. The SMILES string of the molecule is CO[C@H](C(=O)O)c1cccc(C2CCCN2C(=O)OC(C)(C)C)c1. The molecule has 2 rings (SSSR count). The van der Waals surface area contributed by atoms with E-state index in [1.807, 2.05) is 26.8 Å². The molecule has 6 heteroatoms. The Bertz CT molecular complexity index is 608. The Morgan fingerprint density at radius 3 is 2.62 bits per heavy atom. The van der Waals surface area contributed by atoms with Crippen molar-refractivity contribution in [1.29, 1.82) is 0 Å². The highest BCUT2D eigenvalue weighted by atomic mass is 16.6.